The molecule has 0 radical (unpaired) electrons. The largest absolute Gasteiger partial charge is 0.465 e. The average molecular weight is 328 g/mol. The Morgan fingerprint density at radius 2 is 2.12 bits per heavy atom. The van der Waals surface area contributed by atoms with Crippen molar-refractivity contribution in [3.05, 3.63) is 47.3 Å². The zero-order valence-corrected chi connectivity index (χ0v) is 13.5. The van der Waals surface area contributed by atoms with E-state index in [0.717, 1.165) is 0 Å². The maximum atomic E-state index is 12.7. The fourth-order valence-corrected chi connectivity index (χ4v) is 2.47. The maximum Gasteiger partial charge on any atom is 0.341 e. The number of hydrogen-bond acceptors (Lipinski definition) is 6. The van der Waals surface area contributed by atoms with Gasteiger partial charge in [0.1, 0.15) is 17.1 Å². The van der Waals surface area contributed by atoms with E-state index in [2.05, 4.69) is 15.0 Å². The Kier molecular flexibility index (Phi) is 4.03. The number of pyridine rings is 1. The highest BCUT2D eigenvalue weighted by Gasteiger charge is 2.20. The topological polar surface area (TPSA) is 101 Å². The minimum Gasteiger partial charge on any atom is -0.465 e. The van der Waals surface area contributed by atoms with E-state index >= 15 is 0 Å². The van der Waals surface area contributed by atoms with E-state index in [9.17, 15) is 9.59 Å². The molecule has 3 rings (SSSR count). The molecule has 0 aliphatic carbocycles. The number of nitrogens with one attached hydrogen (secondary N) is 1. The second-order valence-electron chi connectivity index (χ2n) is 5.30. The molecule has 124 valence electrons. The lowest BCUT2D eigenvalue weighted by Crippen LogP contribution is -2.26. The fraction of sp³-hybridized carbons (Fsp3) is 0.250. The molecule has 0 unspecified atom stereocenters. The van der Waals surface area contributed by atoms with Crippen molar-refractivity contribution in [3.8, 4) is 0 Å². The molecule has 3 aromatic rings. The van der Waals surface area contributed by atoms with Gasteiger partial charge >= 0.3 is 5.97 Å². The Morgan fingerprint density at radius 3 is 2.88 bits per heavy atom. The first-order valence-corrected chi connectivity index (χ1v) is 7.22. The number of rotatable bonds is 4. The predicted octanol–water partition coefficient (Wildman–Crippen LogP) is 1.92. The molecule has 0 aliphatic heterocycles. The molecule has 0 aliphatic rings. The van der Waals surface area contributed by atoms with Crippen LogP contribution >= 0.6 is 0 Å². The number of carbonyl (C=O) groups excluding carboxylic acids is 2. The van der Waals surface area contributed by atoms with Crippen LogP contribution in [-0.2, 0) is 11.3 Å². The lowest BCUT2D eigenvalue weighted by atomic mass is 10.2. The van der Waals surface area contributed by atoms with Gasteiger partial charge in [-0.15, -0.1) is 0 Å². The molecule has 0 aromatic carbocycles. The summed E-state index contributed by atoms with van der Waals surface area (Å²) in [6.07, 6.45) is 3.03. The van der Waals surface area contributed by atoms with Crippen LogP contribution < -0.4 is 0 Å². The van der Waals surface area contributed by atoms with E-state index < -0.39 is 5.97 Å². The normalized spacial score (nSPS) is 10.8. The smallest absolute Gasteiger partial charge is 0.341 e. The highest BCUT2D eigenvalue weighted by Crippen LogP contribution is 2.19. The summed E-state index contributed by atoms with van der Waals surface area (Å²) in [6, 6.07) is 3.22. The van der Waals surface area contributed by atoms with Crippen LogP contribution in [0.2, 0.25) is 0 Å². The van der Waals surface area contributed by atoms with Gasteiger partial charge in [-0.3, -0.25) is 4.79 Å². The molecule has 1 N–H and O–H groups in total. The Labute approximate surface area is 137 Å². The van der Waals surface area contributed by atoms with Gasteiger partial charge in [-0.05, 0) is 19.1 Å². The van der Waals surface area contributed by atoms with E-state index in [0.29, 0.717) is 33.8 Å². The van der Waals surface area contributed by atoms with E-state index in [1.807, 2.05) is 0 Å². The molecule has 8 nitrogen and oxygen atoms in total. The summed E-state index contributed by atoms with van der Waals surface area (Å²) in [7, 11) is 2.96. The molecular weight excluding hydrogens is 312 g/mol. The van der Waals surface area contributed by atoms with Crippen LogP contribution in [0.1, 0.15) is 32.2 Å². The van der Waals surface area contributed by atoms with Crippen LogP contribution in [0, 0.1) is 6.92 Å². The minimum atomic E-state index is -0.468. The second-order valence-corrected chi connectivity index (χ2v) is 5.30. The molecule has 1 amide bonds. The van der Waals surface area contributed by atoms with Crippen molar-refractivity contribution in [2.24, 2.45) is 0 Å². The van der Waals surface area contributed by atoms with Gasteiger partial charge in [0.25, 0.3) is 5.91 Å². The highest BCUT2D eigenvalue weighted by atomic mass is 16.5. The Bertz CT molecular complexity index is 912. The molecule has 3 heterocycles. The number of ether oxygens (including phenoxy) is 1. The number of nitrogens with zero attached hydrogens (tertiary/aromatic N) is 3. The van der Waals surface area contributed by atoms with Gasteiger partial charge in [0.15, 0.2) is 5.65 Å². The summed E-state index contributed by atoms with van der Waals surface area (Å²) in [6.45, 7) is 1.89. The lowest BCUT2D eigenvalue weighted by Gasteiger charge is -2.15. The zero-order valence-electron chi connectivity index (χ0n) is 13.5. The minimum absolute atomic E-state index is 0.208. The molecule has 0 saturated carbocycles. The summed E-state index contributed by atoms with van der Waals surface area (Å²) in [5, 5.41) is 0. The van der Waals surface area contributed by atoms with Crippen molar-refractivity contribution in [2.45, 2.75) is 13.5 Å². The van der Waals surface area contributed by atoms with Crippen molar-refractivity contribution < 1.29 is 18.7 Å². The molecule has 0 atom stereocenters. The van der Waals surface area contributed by atoms with Gasteiger partial charge < -0.3 is 19.0 Å². The first kappa shape index (κ1) is 15.7. The molecule has 0 bridgehead atoms. The van der Waals surface area contributed by atoms with Crippen molar-refractivity contribution in [3.63, 3.8) is 0 Å². The average Bonchev–Trinajstić information content (AvgIpc) is 3.19. The summed E-state index contributed by atoms with van der Waals surface area (Å²) in [4.78, 5) is 36.8. The van der Waals surface area contributed by atoms with Gasteiger partial charge in [-0.1, -0.05) is 0 Å². The predicted molar refractivity (Wildman–Crippen MR) is 84.5 cm³/mol. The lowest BCUT2D eigenvalue weighted by molar-refractivity contribution is 0.0598. The van der Waals surface area contributed by atoms with Gasteiger partial charge in [0.05, 0.1) is 31.1 Å². The second kappa shape index (κ2) is 6.15. The first-order valence-electron chi connectivity index (χ1n) is 7.22. The first-order chi connectivity index (χ1) is 11.5. The fourth-order valence-electron chi connectivity index (χ4n) is 2.47. The summed E-state index contributed by atoms with van der Waals surface area (Å²) in [5.41, 5.74) is 1.89. The maximum absolute atomic E-state index is 12.7. The molecule has 3 aromatic heterocycles. The van der Waals surface area contributed by atoms with Crippen LogP contribution in [0.25, 0.3) is 11.2 Å². The number of fused-ring (bicyclic) bond motifs is 1. The van der Waals surface area contributed by atoms with Crippen molar-refractivity contribution in [1.29, 1.82) is 0 Å². The summed E-state index contributed by atoms with van der Waals surface area (Å²) in [5.74, 6) is 0.279. The molecule has 0 fully saturated rings. The highest BCUT2D eigenvalue weighted by molar-refractivity contribution is 6.03. The van der Waals surface area contributed by atoms with E-state index in [4.69, 9.17) is 9.15 Å². The number of furan rings is 1. The third-order valence-electron chi connectivity index (χ3n) is 3.67. The van der Waals surface area contributed by atoms with Gasteiger partial charge in [0.2, 0.25) is 0 Å². The third kappa shape index (κ3) is 2.73. The van der Waals surface area contributed by atoms with Gasteiger partial charge in [-0.2, -0.15) is 0 Å². The monoisotopic (exact) mass is 328 g/mol. The Hall–Kier alpha value is -3.16. The molecule has 0 saturated heterocycles. The van der Waals surface area contributed by atoms with Crippen molar-refractivity contribution in [2.75, 3.05) is 14.2 Å². The third-order valence-corrected chi connectivity index (χ3v) is 3.67. The van der Waals surface area contributed by atoms with Crippen molar-refractivity contribution in [1.82, 2.24) is 19.9 Å². The van der Waals surface area contributed by atoms with E-state index in [1.54, 1.807) is 26.1 Å². The Morgan fingerprint density at radius 1 is 1.33 bits per heavy atom. The van der Waals surface area contributed by atoms with E-state index in [1.165, 1.54) is 24.5 Å². The number of esters is 1. The van der Waals surface area contributed by atoms with Crippen LogP contribution in [0.5, 0.6) is 0 Å². The number of aryl methyl sites for hydroxylation is 1. The number of methoxy groups -OCH3 is 1. The number of hydrogen-bond donors (Lipinski definition) is 1. The van der Waals surface area contributed by atoms with Crippen LogP contribution in [0.3, 0.4) is 0 Å². The molecule has 0 spiro atoms. The molecular formula is C16H16N4O4. The van der Waals surface area contributed by atoms with Crippen LogP contribution in [0.4, 0.5) is 0 Å². The number of carbonyl (C=O) groups is 2. The number of aromatic amines is 1. The van der Waals surface area contributed by atoms with Gasteiger partial charge in [-0.25, -0.2) is 14.8 Å². The molecule has 8 heteroatoms. The molecule has 24 heavy (non-hydrogen) atoms. The quantitative estimate of drug-likeness (QED) is 0.734. The summed E-state index contributed by atoms with van der Waals surface area (Å²) >= 11 is 0. The zero-order chi connectivity index (χ0) is 17.3. The SMILES string of the molecule is COC(=O)c1cc(CN(C)C(=O)c2ccnc3nc[nH]c23)oc1C. The van der Waals surface area contributed by atoms with Gasteiger partial charge in [0, 0.05) is 13.2 Å². The summed E-state index contributed by atoms with van der Waals surface area (Å²) < 4.78 is 10.2. The standard InChI is InChI=1S/C16H16N4O4/c1-9-12(16(22)23-3)6-10(24-9)7-20(2)15(21)11-4-5-17-14-13(11)18-8-19-14/h4-6,8H,7H2,1-3H3,(H,17,18,19). The number of imidazole rings is 1. The van der Waals surface area contributed by atoms with Crippen molar-refractivity contribution >= 4 is 23.0 Å². The number of amides is 1. The van der Waals surface area contributed by atoms with Crippen LogP contribution in [-0.4, -0.2) is 45.9 Å². The number of aromatic nitrogens is 3. The Balaban J connectivity index is 1.82. The van der Waals surface area contributed by atoms with Crippen LogP contribution in [0.15, 0.2) is 29.1 Å². The number of H-pyrrole nitrogens is 1. The van der Waals surface area contributed by atoms with E-state index in [-0.39, 0.29) is 12.5 Å².